The predicted octanol–water partition coefficient (Wildman–Crippen LogP) is 2.59. The molecule has 0 aliphatic carbocycles. The van der Waals surface area contributed by atoms with E-state index in [1.54, 1.807) is 24.7 Å². The summed E-state index contributed by atoms with van der Waals surface area (Å²) < 4.78 is 6.99. The lowest BCUT2D eigenvalue weighted by atomic mass is 10.3. The van der Waals surface area contributed by atoms with Crippen LogP contribution >= 0.6 is 0 Å². The second kappa shape index (κ2) is 5.32. The number of anilines is 1. The molecule has 20 heavy (non-hydrogen) atoms. The summed E-state index contributed by atoms with van der Waals surface area (Å²) in [5, 5.41) is 18.4. The van der Waals surface area contributed by atoms with Gasteiger partial charge < -0.3 is 9.73 Å². The van der Waals surface area contributed by atoms with Crippen LogP contribution in [-0.2, 0) is 6.54 Å². The van der Waals surface area contributed by atoms with Crippen LogP contribution in [-0.4, -0.2) is 19.7 Å². The Bertz CT molecular complexity index is 631. The van der Waals surface area contributed by atoms with Crippen molar-refractivity contribution in [2.24, 2.45) is 0 Å². The van der Waals surface area contributed by atoms with Gasteiger partial charge in [0.1, 0.15) is 17.5 Å². The number of aryl methyl sites for hydroxylation is 3. The average Bonchev–Trinajstić information content (AvgIpc) is 2.93. The first-order valence-corrected chi connectivity index (χ1v) is 6.34. The molecular weight excluding hydrogens is 262 g/mol. The lowest BCUT2D eigenvalue weighted by molar-refractivity contribution is -0.384. The number of aromatic nitrogens is 3. The van der Waals surface area contributed by atoms with Crippen molar-refractivity contribution in [3.8, 4) is 0 Å². The Hall–Kier alpha value is -2.38. The lowest BCUT2D eigenvalue weighted by Gasteiger charge is -2.12. The molecular formula is C12H17N5O3. The van der Waals surface area contributed by atoms with Crippen LogP contribution in [0.4, 0.5) is 11.5 Å². The maximum absolute atomic E-state index is 11.2. The van der Waals surface area contributed by atoms with E-state index < -0.39 is 4.92 Å². The van der Waals surface area contributed by atoms with Gasteiger partial charge in [-0.3, -0.25) is 10.1 Å². The highest BCUT2D eigenvalue weighted by atomic mass is 16.6. The third-order valence-corrected chi connectivity index (χ3v) is 2.94. The van der Waals surface area contributed by atoms with Crippen molar-refractivity contribution in [3.05, 3.63) is 33.7 Å². The van der Waals surface area contributed by atoms with Crippen molar-refractivity contribution >= 4 is 11.5 Å². The Kier molecular flexibility index (Phi) is 3.73. The van der Waals surface area contributed by atoms with E-state index in [0.717, 1.165) is 0 Å². The molecule has 1 atom stereocenters. The van der Waals surface area contributed by atoms with Gasteiger partial charge in [-0.2, -0.15) is 5.10 Å². The Balaban J connectivity index is 2.34. The summed E-state index contributed by atoms with van der Waals surface area (Å²) in [6.07, 6.45) is 1.62. The van der Waals surface area contributed by atoms with Gasteiger partial charge in [-0.25, -0.2) is 9.67 Å². The van der Waals surface area contributed by atoms with Gasteiger partial charge in [0.15, 0.2) is 0 Å². The van der Waals surface area contributed by atoms with E-state index in [1.165, 1.54) is 0 Å². The van der Waals surface area contributed by atoms with Gasteiger partial charge in [-0.05, 0) is 27.7 Å². The third kappa shape index (κ3) is 2.49. The number of nitro groups is 1. The molecule has 2 aromatic heterocycles. The van der Waals surface area contributed by atoms with Crippen LogP contribution in [0.5, 0.6) is 0 Å². The maximum atomic E-state index is 11.2. The molecule has 0 spiro atoms. The molecule has 1 N–H and O–H groups in total. The van der Waals surface area contributed by atoms with Crippen LogP contribution in [0.2, 0.25) is 0 Å². The van der Waals surface area contributed by atoms with Gasteiger partial charge in [-0.1, -0.05) is 0 Å². The summed E-state index contributed by atoms with van der Waals surface area (Å²) in [6.45, 7) is 7.66. The minimum absolute atomic E-state index is 0.0121. The first kappa shape index (κ1) is 14.0. The average molecular weight is 279 g/mol. The van der Waals surface area contributed by atoms with Crippen LogP contribution in [0.25, 0.3) is 0 Å². The molecule has 0 bridgehead atoms. The molecule has 0 aromatic carbocycles. The summed E-state index contributed by atoms with van der Waals surface area (Å²) in [7, 11) is 0. The smallest absolute Gasteiger partial charge is 0.333 e. The first-order chi connectivity index (χ1) is 9.43. The van der Waals surface area contributed by atoms with Crippen LogP contribution in [0.3, 0.4) is 0 Å². The molecule has 0 radical (unpaired) electrons. The van der Waals surface area contributed by atoms with Crippen LogP contribution in [0.15, 0.2) is 10.6 Å². The van der Waals surface area contributed by atoms with E-state index in [0.29, 0.717) is 29.7 Å². The Labute approximate surface area is 116 Å². The summed E-state index contributed by atoms with van der Waals surface area (Å²) in [6, 6.07) is -0.288. The molecule has 1 unspecified atom stereocenters. The molecule has 0 saturated heterocycles. The highest BCUT2D eigenvalue weighted by molar-refractivity contribution is 5.60. The van der Waals surface area contributed by atoms with E-state index in [9.17, 15) is 10.1 Å². The SMILES string of the molecule is CCn1nc(C)c([N+](=O)[O-])c1NC(C)c1ncc(C)o1. The van der Waals surface area contributed by atoms with Crippen molar-refractivity contribution < 1.29 is 9.34 Å². The molecule has 8 heteroatoms. The number of oxazole rings is 1. The van der Waals surface area contributed by atoms with E-state index in [1.807, 2.05) is 13.8 Å². The third-order valence-electron chi connectivity index (χ3n) is 2.94. The highest BCUT2D eigenvalue weighted by Gasteiger charge is 2.27. The first-order valence-electron chi connectivity index (χ1n) is 6.34. The molecule has 108 valence electrons. The van der Waals surface area contributed by atoms with E-state index in [-0.39, 0.29) is 11.7 Å². The summed E-state index contributed by atoms with van der Waals surface area (Å²) >= 11 is 0. The molecule has 0 aliphatic rings. The largest absolute Gasteiger partial charge is 0.444 e. The molecule has 2 aromatic rings. The second-order valence-electron chi connectivity index (χ2n) is 4.53. The fraction of sp³-hybridized carbons (Fsp3) is 0.500. The van der Waals surface area contributed by atoms with Gasteiger partial charge in [0, 0.05) is 6.54 Å². The second-order valence-corrected chi connectivity index (χ2v) is 4.53. The van der Waals surface area contributed by atoms with Gasteiger partial charge in [0.2, 0.25) is 11.7 Å². The zero-order valence-electron chi connectivity index (χ0n) is 11.9. The predicted molar refractivity (Wildman–Crippen MR) is 72.6 cm³/mol. The van der Waals surface area contributed by atoms with Crippen molar-refractivity contribution in [2.75, 3.05) is 5.32 Å². The van der Waals surface area contributed by atoms with Crippen molar-refractivity contribution in [3.63, 3.8) is 0 Å². The minimum atomic E-state index is -0.426. The van der Waals surface area contributed by atoms with E-state index in [2.05, 4.69) is 15.4 Å². The number of nitrogens with zero attached hydrogens (tertiary/aromatic N) is 4. The van der Waals surface area contributed by atoms with E-state index in [4.69, 9.17) is 4.42 Å². The number of nitrogens with one attached hydrogen (secondary N) is 1. The fourth-order valence-electron chi connectivity index (χ4n) is 2.00. The van der Waals surface area contributed by atoms with Crippen LogP contribution in [0.1, 0.15) is 37.2 Å². The Morgan fingerprint density at radius 1 is 1.55 bits per heavy atom. The standard InChI is InChI=1S/C12H17N5O3/c1-5-16-11(10(17(18)19)8(3)15-16)14-9(4)12-13-6-7(2)20-12/h6,9,14H,5H2,1-4H3. The Morgan fingerprint density at radius 2 is 2.25 bits per heavy atom. The van der Waals surface area contributed by atoms with Crippen molar-refractivity contribution in [2.45, 2.75) is 40.3 Å². The Morgan fingerprint density at radius 3 is 2.75 bits per heavy atom. The fourth-order valence-corrected chi connectivity index (χ4v) is 2.00. The topological polar surface area (TPSA) is 99.0 Å². The number of hydrogen-bond donors (Lipinski definition) is 1. The van der Waals surface area contributed by atoms with Crippen molar-refractivity contribution in [1.29, 1.82) is 0 Å². The van der Waals surface area contributed by atoms with Crippen molar-refractivity contribution in [1.82, 2.24) is 14.8 Å². The molecule has 0 saturated carbocycles. The number of rotatable bonds is 5. The molecule has 0 aliphatic heterocycles. The van der Waals surface area contributed by atoms with E-state index >= 15 is 0 Å². The van der Waals surface area contributed by atoms with Gasteiger partial charge in [0.05, 0.1) is 11.1 Å². The summed E-state index contributed by atoms with van der Waals surface area (Å²) in [4.78, 5) is 14.9. The normalized spacial score (nSPS) is 12.4. The molecule has 2 heterocycles. The molecule has 2 rings (SSSR count). The minimum Gasteiger partial charge on any atom is -0.444 e. The van der Waals surface area contributed by atoms with Crippen LogP contribution in [0, 0.1) is 24.0 Å². The zero-order valence-corrected chi connectivity index (χ0v) is 11.9. The molecule has 0 fully saturated rings. The maximum Gasteiger partial charge on any atom is 0.333 e. The van der Waals surface area contributed by atoms with Gasteiger partial charge in [0.25, 0.3) is 0 Å². The lowest BCUT2D eigenvalue weighted by Crippen LogP contribution is -2.12. The summed E-state index contributed by atoms with van der Waals surface area (Å²) in [5.74, 6) is 1.56. The van der Waals surface area contributed by atoms with Gasteiger partial charge in [-0.15, -0.1) is 0 Å². The zero-order chi connectivity index (χ0) is 14.9. The monoisotopic (exact) mass is 279 g/mol. The molecule has 8 nitrogen and oxygen atoms in total. The quantitative estimate of drug-likeness (QED) is 0.667. The highest BCUT2D eigenvalue weighted by Crippen LogP contribution is 2.31. The summed E-state index contributed by atoms with van der Waals surface area (Å²) in [5.41, 5.74) is 0.372. The van der Waals surface area contributed by atoms with Crippen LogP contribution < -0.4 is 5.32 Å². The number of hydrogen-bond acceptors (Lipinski definition) is 6. The molecule has 0 amide bonds. The van der Waals surface area contributed by atoms with Gasteiger partial charge >= 0.3 is 5.69 Å².